The van der Waals surface area contributed by atoms with Gasteiger partial charge in [-0.15, -0.1) is 0 Å². The van der Waals surface area contributed by atoms with Gasteiger partial charge in [-0.25, -0.2) is 0 Å². The summed E-state index contributed by atoms with van der Waals surface area (Å²) in [7, 11) is 0. The van der Waals surface area contributed by atoms with E-state index in [1.54, 1.807) is 11.9 Å². The lowest BCUT2D eigenvalue weighted by Gasteiger charge is -2.35. The van der Waals surface area contributed by atoms with E-state index in [0.717, 1.165) is 5.69 Å². The number of rotatable bonds is 4. The maximum absolute atomic E-state index is 12.6. The predicted octanol–water partition coefficient (Wildman–Crippen LogP) is 0.984. The fraction of sp³-hybridized carbons (Fsp3) is 0.533. The van der Waals surface area contributed by atoms with E-state index in [0.29, 0.717) is 6.54 Å². The molecule has 0 radical (unpaired) electrons. The fourth-order valence-electron chi connectivity index (χ4n) is 2.76. The summed E-state index contributed by atoms with van der Waals surface area (Å²) < 4.78 is 0. The van der Waals surface area contributed by atoms with Gasteiger partial charge in [0.05, 0.1) is 29.8 Å². The number of carbonyl (C=O) groups is 1. The number of β-amino-alcohol motifs (C(OH)–C–C–N with tert-alkyl or cyclic N) is 1. The van der Waals surface area contributed by atoms with E-state index in [1.165, 1.54) is 0 Å². The van der Waals surface area contributed by atoms with E-state index in [1.807, 2.05) is 49.2 Å². The van der Waals surface area contributed by atoms with Crippen molar-refractivity contribution in [3.63, 3.8) is 0 Å². The average Bonchev–Trinajstić information content (AvgIpc) is 2.59. The number of para-hydroxylation sites is 1. The lowest BCUT2D eigenvalue weighted by atomic mass is 9.85. The maximum Gasteiger partial charge on any atom is 0.249 e. The Bertz CT molecular complexity index is 473. The van der Waals surface area contributed by atoms with Crippen molar-refractivity contribution in [3.05, 3.63) is 30.3 Å². The standard InChI is InChI=1S/C15H23N3O2/c1-11(19)10-17-14(20)15(2,3)13(9-16)18(17)12-7-5-4-6-8-12/h4-8,11,13,19H,9-10,16H2,1-3H3. The van der Waals surface area contributed by atoms with Crippen molar-refractivity contribution in [1.82, 2.24) is 5.01 Å². The Morgan fingerprint density at radius 3 is 2.45 bits per heavy atom. The third-order valence-electron chi connectivity index (χ3n) is 3.86. The minimum absolute atomic E-state index is 0.00213. The monoisotopic (exact) mass is 277 g/mol. The third-order valence-corrected chi connectivity index (χ3v) is 3.86. The summed E-state index contributed by atoms with van der Waals surface area (Å²) in [5.41, 5.74) is 6.26. The second-order valence-electron chi connectivity index (χ2n) is 5.89. The number of anilines is 1. The van der Waals surface area contributed by atoms with Crippen LogP contribution in [0.15, 0.2) is 30.3 Å². The van der Waals surface area contributed by atoms with Gasteiger partial charge in [0.25, 0.3) is 0 Å². The molecule has 1 amide bonds. The van der Waals surface area contributed by atoms with Gasteiger partial charge in [0.1, 0.15) is 0 Å². The van der Waals surface area contributed by atoms with Crippen LogP contribution in [-0.2, 0) is 4.79 Å². The summed E-state index contributed by atoms with van der Waals surface area (Å²) in [6, 6.07) is 9.58. The second kappa shape index (κ2) is 5.42. The van der Waals surface area contributed by atoms with Gasteiger partial charge in [0.2, 0.25) is 5.91 Å². The zero-order chi connectivity index (χ0) is 14.9. The Balaban J connectivity index is 2.44. The Labute approximate surface area is 119 Å². The molecule has 5 nitrogen and oxygen atoms in total. The van der Waals surface area contributed by atoms with Gasteiger partial charge in [-0.2, -0.15) is 0 Å². The number of hydrogen-bond donors (Lipinski definition) is 2. The Kier molecular flexibility index (Phi) is 4.01. The molecule has 2 rings (SSSR count). The summed E-state index contributed by atoms with van der Waals surface area (Å²) in [5.74, 6) is -0.00213. The minimum Gasteiger partial charge on any atom is -0.391 e. The van der Waals surface area contributed by atoms with Gasteiger partial charge in [-0.3, -0.25) is 14.8 Å². The first-order valence-corrected chi connectivity index (χ1v) is 6.94. The summed E-state index contributed by atoms with van der Waals surface area (Å²) in [6.07, 6.45) is -0.586. The van der Waals surface area contributed by atoms with E-state index in [-0.39, 0.29) is 18.5 Å². The van der Waals surface area contributed by atoms with E-state index in [2.05, 4.69) is 0 Å². The van der Waals surface area contributed by atoms with Crippen molar-refractivity contribution < 1.29 is 9.90 Å². The highest BCUT2D eigenvalue weighted by atomic mass is 16.3. The molecule has 20 heavy (non-hydrogen) atoms. The molecule has 2 unspecified atom stereocenters. The van der Waals surface area contributed by atoms with Gasteiger partial charge < -0.3 is 10.8 Å². The van der Waals surface area contributed by atoms with E-state index < -0.39 is 11.5 Å². The number of hydrogen-bond acceptors (Lipinski definition) is 4. The molecule has 0 saturated carbocycles. The van der Waals surface area contributed by atoms with Crippen LogP contribution in [0.3, 0.4) is 0 Å². The number of amides is 1. The van der Waals surface area contributed by atoms with Crippen LogP contribution in [0.1, 0.15) is 20.8 Å². The molecule has 1 aromatic carbocycles. The smallest absolute Gasteiger partial charge is 0.249 e. The van der Waals surface area contributed by atoms with Crippen molar-refractivity contribution in [2.24, 2.45) is 11.1 Å². The Morgan fingerprint density at radius 2 is 1.95 bits per heavy atom. The van der Waals surface area contributed by atoms with Crippen LogP contribution < -0.4 is 10.7 Å². The molecule has 1 aliphatic heterocycles. The maximum atomic E-state index is 12.6. The summed E-state index contributed by atoms with van der Waals surface area (Å²) in [4.78, 5) is 12.6. The van der Waals surface area contributed by atoms with Crippen molar-refractivity contribution in [2.45, 2.75) is 32.9 Å². The second-order valence-corrected chi connectivity index (χ2v) is 5.89. The summed E-state index contributed by atoms with van der Waals surface area (Å²) in [6.45, 7) is 6.15. The molecule has 0 aliphatic carbocycles. The van der Waals surface area contributed by atoms with Crippen LogP contribution in [-0.4, -0.2) is 41.3 Å². The van der Waals surface area contributed by atoms with Crippen LogP contribution >= 0.6 is 0 Å². The van der Waals surface area contributed by atoms with Crippen LogP contribution in [0.4, 0.5) is 5.69 Å². The predicted molar refractivity (Wildman–Crippen MR) is 78.9 cm³/mol. The zero-order valence-corrected chi connectivity index (χ0v) is 12.3. The number of carbonyl (C=O) groups excluding carboxylic acids is 1. The highest BCUT2D eigenvalue weighted by Crippen LogP contribution is 2.38. The third kappa shape index (κ3) is 2.39. The van der Waals surface area contributed by atoms with Crippen LogP contribution in [0, 0.1) is 5.41 Å². The Morgan fingerprint density at radius 1 is 1.35 bits per heavy atom. The number of benzene rings is 1. The van der Waals surface area contributed by atoms with E-state index in [9.17, 15) is 9.90 Å². The molecule has 110 valence electrons. The number of aliphatic hydroxyl groups is 1. The summed E-state index contributed by atoms with van der Waals surface area (Å²) in [5, 5.41) is 13.2. The molecule has 2 atom stereocenters. The topological polar surface area (TPSA) is 69.8 Å². The summed E-state index contributed by atoms with van der Waals surface area (Å²) >= 11 is 0. The van der Waals surface area contributed by atoms with Crippen molar-refractivity contribution in [2.75, 3.05) is 18.1 Å². The zero-order valence-electron chi connectivity index (χ0n) is 12.3. The van der Waals surface area contributed by atoms with Gasteiger partial charge in [0, 0.05) is 6.54 Å². The molecule has 1 saturated heterocycles. The highest BCUT2D eigenvalue weighted by molar-refractivity contribution is 5.88. The lowest BCUT2D eigenvalue weighted by Crippen LogP contribution is -2.48. The van der Waals surface area contributed by atoms with Crippen LogP contribution in [0.2, 0.25) is 0 Å². The molecular weight excluding hydrogens is 254 g/mol. The number of nitrogens with two attached hydrogens (primary N) is 1. The molecule has 0 bridgehead atoms. The van der Waals surface area contributed by atoms with Crippen molar-refractivity contribution in [1.29, 1.82) is 0 Å². The first kappa shape index (κ1) is 14.8. The van der Waals surface area contributed by atoms with Gasteiger partial charge in [-0.05, 0) is 32.9 Å². The molecule has 1 aromatic rings. The quantitative estimate of drug-likeness (QED) is 0.861. The minimum atomic E-state index is -0.586. The SMILES string of the molecule is CC(O)CN1C(=O)C(C)(C)C(CN)N1c1ccccc1. The molecule has 1 heterocycles. The van der Waals surface area contributed by atoms with Crippen LogP contribution in [0.5, 0.6) is 0 Å². The van der Waals surface area contributed by atoms with E-state index >= 15 is 0 Å². The average molecular weight is 277 g/mol. The molecular formula is C15H23N3O2. The number of nitrogens with zero attached hydrogens (tertiary/aromatic N) is 2. The highest BCUT2D eigenvalue weighted by Gasteiger charge is 2.52. The van der Waals surface area contributed by atoms with Gasteiger partial charge >= 0.3 is 0 Å². The first-order valence-electron chi connectivity index (χ1n) is 6.94. The first-order chi connectivity index (χ1) is 9.39. The molecule has 3 N–H and O–H groups in total. The fourth-order valence-corrected chi connectivity index (χ4v) is 2.76. The van der Waals surface area contributed by atoms with Crippen molar-refractivity contribution >= 4 is 11.6 Å². The van der Waals surface area contributed by atoms with Gasteiger partial charge in [-0.1, -0.05) is 18.2 Å². The number of hydrazine groups is 1. The molecule has 0 aromatic heterocycles. The normalized spacial score (nSPS) is 23.2. The van der Waals surface area contributed by atoms with Crippen LogP contribution in [0.25, 0.3) is 0 Å². The van der Waals surface area contributed by atoms with E-state index in [4.69, 9.17) is 5.73 Å². The molecule has 1 aliphatic rings. The van der Waals surface area contributed by atoms with Gasteiger partial charge in [0.15, 0.2) is 0 Å². The Hall–Kier alpha value is -1.59. The molecule has 5 heteroatoms. The molecule has 0 spiro atoms. The van der Waals surface area contributed by atoms with Crippen molar-refractivity contribution in [3.8, 4) is 0 Å². The number of aliphatic hydroxyl groups excluding tert-OH is 1. The molecule has 1 fully saturated rings. The largest absolute Gasteiger partial charge is 0.391 e. The lowest BCUT2D eigenvalue weighted by molar-refractivity contribution is -0.136.